The van der Waals surface area contributed by atoms with Gasteiger partial charge in [0.15, 0.2) is 0 Å². The van der Waals surface area contributed by atoms with E-state index in [1.807, 2.05) is 24.5 Å². The van der Waals surface area contributed by atoms with E-state index >= 15 is 0 Å². The Labute approximate surface area is 149 Å². The predicted octanol–water partition coefficient (Wildman–Crippen LogP) is 3.28. The number of benzene rings is 1. The van der Waals surface area contributed by atoms with E-state index in [0.717, 1.165) is 62.8 Å². The number of methoxy groups -OCH3 is 1. The molecule has 0 aliphatic carbocycles. The van der Waals surface area contributed by atoms with Crippen molar-refractivity contribution in [3.05, 3.63) is 53.9 Å². The average Bonchev–Trinajstić information content (AvgIpc) is 2.64. The fourth-order valence-electron chi connectivity index (χ4n) is 2.93. The summed E-state index contributed by atoms with van der Waals surface area (Å²) >= 11 is 0. The van der Waals surface area contributed by atoms with Crippen LogP contribution >= 0.6 is 0 Å². The van der Waals surface area contributed by atoms with Crippen LogP contribution < -0.4 is 9.47 Å². The molecule has 0 bridgehead atoms. The van der Waals surface area contributed by atoms with Crippen molar-refractivity contribution in [2.45, 2.75) is 25.9 Å². The van der Waals surface area contributed by atoms with Crippen LogP contribution in [0.5, 0.6) is 11.5 Å². The Morgan fingerprint density at radius 3 is 2.76 bits per heavy atom. The van der Waals surface area contributed by atoms with Crippen molar-refractivity contribution < 1.29 is 14.2 Å². The van der Waals surface area contributed by atoms with Gasteiger partial charge in [0.2, 0.25) is 0 Å². The van der Waals surface area contributed by atoms with E-state index in [2.05, 4.69) is 28.1 Å². The third-order valence-electron chi connectivity index (χ3n) is 4.31. The van der Waals surface area contributed by atoms with Gasteiger partial charge in [-0.25, -0.2) is 0 Å². The molecular weight excluding hydrogens is 316 g/mol. The van der Waals surface area contributed by atoms with E-state index in [9.17, 15) is 0 Å². The van der Waals surface area contributed by atoms with Gasteiger partial charge >= 0.3 is 0 Å². The van der Waals surface area contributed by atoms with Crippen molar-refractivity contribution >= 4 is 0 Å². The zero-order valence-electron chi connectivity index (χ0n) is 14.8. The number of aromatic nitrogens is 1. The molecule has 0 amide bonds. The highest BCUT2D eigenvalue weighted by atomic mass is 16.5. The molecular formula is C20H26N2O3. The maximum absolute atomic E-state index is 6.01. The van der Waals surface area contributed by atoms with Gasteiger partial charge in [-0.05, 0) is 48.7 Å². The molecule has 5 nitrogen and oxygen atoms in total. The summed E-state index contributed by atoms with van der Waals surface area (Å²) in [6.07, 6.45) is 5.70. The highest BCUT2D eigenvalue weighted by Crippen LogP contribution is 2.26. The van der Waals surface area contributed by atoms with Crippen LogP contribution in [0, 0.1) is 0 Å². The monoisotopic (exact) mass is 342 g/mol. The zero-order valence-corrected chi connectivity index (χ0v) is 14.8. The van der Waals surface area contributed by atoms with Gasteiger partial charge in [-0.1, -0.05) is 0 Å². The topological polar surface area (TPSA) is 43.8 Å². The minimum absolute atomic E-state index is 0.715. The van der Waals surface area contributed by atoms with Gasteiger partial charge in [-0.2, -0.15) is 0 Å². The third kappa shape index (κ3) is 5.44. The molecule has 3 rings (SSSR count). The van der Waals surface area contributed by atoms with E-state index in [4.69, 9.17) is 14.2 Å². The first kappa shape index (κ1) is 17.7. The Hall–Kier alpha value is -2.11. The van der Waals surface area contributed by atoms with E-state index in [1.165, 1.54) is 5.56 Å². The summed E-state index contributed by atoms with van der Waals surface area (Å²) in [4.78, 5) is 6.47. The molecule has 5 heteroatoms. The molecule has 0 atom stereocenters. The molecule has 1 aliphatic rings. The Morgan fingerprint density at radius 2 is 1.92 bits per heavy atom. The molecule has 2 aromatic rings. The fourth-order valence-corrected chi connectivity index (χ4v) is 2.93. The number of ether oxygens (including phenoxy) is 3. The quantitative estimate of drug-likeness (QED) is 0.856. The van der Waals surface area contributed by atoms with E-state index in [1.54, 1.807) is 7.11 Å². The molecule has 0 saturated carbocycles. The second-order valence-corrected chi connectivity index (χ2v) is 6.21. The van der Waals surface area contributed by atoms with Crippen LogP contribution in [-0.2, 0) is 17.8 Å². The number of rotatable bonds is 3. The lowest BCUT2D eigenvalue weighted by atomic mass is 10.1. The molecule has 0 N–H and O–H groups in total. The molecule has 1 aromatic heterocycles. The normalized spacial score (nSPS) is 16.8. The van der Waals surface area contributed by atoms with Crippen molar-refractivity contribution in [3.63, 3.8) is 0 Å². The highest BCUT2D eigenvalue weighted by molar-refractivity contribution is 5.40. The lowest BCUT2D eigenvalue weighted by Gasteiger charge is -2.25. The molecule has 2 heterocycles. The van der Waals surface area contributed by atoms with Gasteiger partial charge in [-0.15, -0.1) is 0 Å². The van der Waals surface area contributed by atoms with E-state index < -0.39 is 0 Å². The number of nitrogens with zero attached hydrogens (tertiary/aromatic N) is 2. The first-order chi connectivity index (χ1) is 12.3. The standard InChI is InChI=1S/C20H26N2O3/c1-23-19-4-5-20-18(14-19)16-22(15-17-6-8-21-9-7-17)10-13-24-11-2-3-12-25-20/h4-9,14H,2-3,10-13,15-16H2,1H3. The van der Waals surface area contributed by atoms with Gasteiger partial charge in [-0.3, -0.25) is 9.88 Å². The lowest BCUT2D eigenvalue weighted by molar-refractivity contribution is 0.0909. The lowest BCUT2D eigenvalue weighted by Crippen LogP contribution is -2.27. The van der Waals surface area contributed by atoms with Crippen LogP contribution in [0.3, 0.4) is 0 Å². The molecule has 134 valence electrons. The van der Waals surface area contributed by atoms with Crippen molar-refractivity contribution in [1.82, 2.24) is 9.88 Å². The van der Waals surface area contributed by atoms with E-state index in [-0.39, 0.29) is 0 Å². The molecule has 0 fully saturated rings. The molecule has 0 radical (unpaired) electrons. The molecule has 25 heavy (non-hydrogen) atoms. The van der Waals surface area contributed by atoms with Crippen molar-refractivity contribution in [1.29, 1.82) is 0 Å². The molecule has 0 spiro atoms. The first-order valence-corrected chi connectivity index (χ1v) is 8.84. The van der Waals surface area contributed by atoms with Crippen LogP contribution in [0.4, 0.5) is 0 Å². The van der Waals surface area contributed by atoms with Crippen LogP contribution in [-0.4, -0.2) is 43.4 Å². The Bertz CT molecular complexity index is 649. The van der Waals surface area contributed by atoms with Crippen molar-refractivity contribution in [2.75, 3.05) is 33.5 Å². The largest absolute Gasteiger partial charge is 0.497 e. The Balaban J connectivity index is 1.81. The summed E-state index contributed by atoms with van der Waals surface area (Å²) in [6.45, 7) is 4.76. The second kappa shape index (κ2) is 9.39. The second-order valence-electron chi connectivity index (χ2n) is 6.21. The fraction of sp³-hybridized carbons (Fsp3) is 0.450. The smallest absolute Gasteiger partial charge is 0.124 e. The van der Waals surface area contributed by atoms with Crippen LogP contribution in [0.15, 0.2) is 42.7 Å². The minimum atomic E-state index is 0.715. The van der Waals surface area contributed by atoms with E-state index in [0.29, 0.717) is 6.61 Å². The highest BCUT2D eigenvalue weighted by Gasteiger charge is 2.13. The summed E-state index contributed by atoms with van der Waals surface area (Å²) in [7, 11) is 1.69. The van der Waals surface area contributed by atoms with Crippen LogP contribution in [0.25, 0.3) is 0 Å². The number of fused-ring (bicyclic) bond motifs is 1. The number of hydrogen-bond acceptors (Lipinski definition) is 5. The molecule has 1 aromatic carbocycles. The number of pyridine rings is 1. The number of hydrogen-bond donors (Lipinski definition) is 0. The van der Waals surface area contributed by atoms with Crippen molar-refractivity contribution in [3.8, 4) is 11.5 Å². The minimum Gasteiger partial charge on any atom is -0.497 e. The Morgan fingerprint density at radius 1 is 1.08 bits per heavy atom. The van der Waals surface area contributed by atoms with Gasteiger partial charge < -0.3 is 14.2 Å². The summed E-state index contributed by atoms with van der Waals surface area (Å²) in [5, 5.41) is 0. The first-order valence-electron chi connectivity index (χ1n) is 8.84. The van der Waals surface area contributed by atoms with Gasteiger partial charge in [0, 0.05) is 44.2 Å². The average molecular weight is 342 g/mol. The molecule has 0 unspecified atom stereocenters. The maximum atomic E-state index is 6.01. The summed E-state index contributed by atoms with van der Waals surface area (Å²) in [5.41, 5.74) is 2.39. The van der Waals surface area contributed by atoms with Gasteiger partial charge in [0.05, 0.1) is 20.3 Å². The van der Waals surface area contributed by atoms with Crippen molar-refractivity contribution in [2.24, 2.45) is 0 Å². The summed E-state index contributed by atoms with van der Waals surface area (Å²) in [6, 6.07) is 10.2. The molecule has 1 aliphatic heterocycles. The zero-order chi connectivity index (χ0) is 17.3. The summed E-state index contributed by atoms with van der Waals surface area (Å²) < 4.78 is 17.2. The Kier molecular flexibility index (Phi) is 6.65. The predicted molar refractivity (Wildman–Crippen MR) is 96.9 cm³/mol. The van der Waals surface area contributed by atoms with Gasteiger partial charge in [0.1, 0.15) is 11.5 Å². The molecule has 0 saturated heterocycles. The van der Waals surface area contributed by atoms with Gasteiger partial charge in [0.25, 0.3) is 0 Å². The third-order valence-corrected chi connectivity index (χ3v) is 4.31. The summed E-state index contributed by atoms with van der Waals surface area (Å²) in [5.74, 6) is 1.80. The maximum Gasteiger partial charge on any atom is 0.124 e. The van der Waals surface area contributed by atoms with Crippen LogP contribution in [0.2, 0.25) is 0 Å². The van der Waals surface area contributed by atoms with Crippen LogP contribution in [0.1, 0.15) is 24.0 Å². The SMILES string of the molecule is COc1ccc2c(c1)CN(Cc1ccncc1)CCOCCCCO2.